The zero-order valence-corrected chi connectivity index (χ0v) is 19.3. The molecule has 2 heterocycles. The summed E-state index contributed by atoms with van der Waals surface area (Å²) in [7, 11) is 0. The Morgan fingerprint density at radius 1 is 1.24 bits per heavy atom. The molecule has 0 aliphatic heterocycles. The molecule has 3 rings (SSSR count). The van der Waals surface area contributed by atoms with E-state index in [1.165, 1.54) is 23.7 Å². The van der Waals surface area contributed by atoms with E-state index < -0.39 is 24.5 Å². The number of carbonyl (C=O) groups excluding carboxylic acids is 2. The molecule has 10 heteroatoms. The highest BCUT2D eigenvalue weighted by molar-refractivity contribution is 7.12. The Hall–Kier alpha value is -3.84. The van der Waals surface area contributed by atoms with Crippen LogP contribution in [-0.2, 0) is 6.42 Å². The Balaban J connectivity index is 1.83. The first-order valence-electron chi connectivity index (χ1n) is 10.4. The number of benzene rings is 1. The Bertz CT molecular complexity index is 1220. The summed E-state index contributed by atoms with van der Waals surface area (Å²) in [6.07, 6.45) is 2.03. The first kappa shape index (κ1) is 24.8. The van der Waals surface area contributed by atoms with Crippen molar-refractivity contribution in [2.75, 3.05) is 6.54 Å². The topological polar surface area (TPSA) is 104 Å². The molecule has 0 bridgehead atoms. The maximum Gasteiger partial charge on any atom is 0.387 e. The van der Waals surface area contributed by atoms with Crippen LogP contribution >= 0.6 is 11.3 Å². The number of nitrogens with zero attached hydrogens (tertiary/aromatic N) is 2. The van der Waals surface area contributed by atoms with Crippen LogP contribution in [0.15, 0.2) is 48.0 Å². The van der Waals surface area contributed by atoms with Crippen molar-refractivity contribution in [3.8, 4) is 11.8 Å². The van der Waals surface area contributed by atoms with E-state index in [1.54, 1.807) is 6.92 Å². The lowest BCUT2D eigenvalue weighted by atomic mass is 9.98. The quantitative estimate of drug-likeness (QED) is 0.469. The van der Waals surface area contributed by atoms with Gasteiger partial charge >= 0.3 is 6.61 Å². The van der Waals surface area contributed by atoms with Crippen molar-refractivity contribution in [3.63, 3.8) is 0 Å². The predicted octanol–water partition coefficient (Wildman–Crippen LogP) is 4.39. The second kappa shape index (κ2) is 11.3. The van der Waals surface area contributed by atoms with Crippen LogP contribution in [0, 0.1) is 18.3 Å². The van der Waals surface area contributed by atoms with Crippen LogP contribution in [0.3, 0.4) is 0 Å². The lowest BCUT2D eigenvalue weighted by Gasteiger charge is -2.22. The van der Waals surface area contributed by atoms with Gasteiger partial charge in [-0.2, -0.15) is 14.0 Å². The van der Waals surface area contributed by atoms with Gasteiger partial charge < -0.3 is 15.4 Å². The van der Waals surface area contributed by atoms with Gasteiger partial charge in [-0.1, -0.05) is 31.2 Å². The Morgan fingerprint density at radius 3 is 2.68 bits per heavy atom. The number of hydrogen-bond donors (Lipinski definition) is 2. The maximum absolute atomic E-state index is 13.0. The third-order valence-corrected chi connectivity index (χ3v) is 5.99. The molecule has 0 saturated carbocycles. The van der Waals surface area contributed by atoms with E-state index in [1.807, 2.05) is 37.3 Å². The highest BCUT2D eigenvalue weighted by atomic mass is 32.1. The molecule has 3 aromatic rings. The lowest BCUT2D eigenvalue weighted by Crippen LogP contribution is -2.38. The predicted molar refractivity (Wildman–Crippen MR) is 123 cm³/mol. The van der Waals surface area contributed by atoms with Gasteiger partial charge in [0.05, 0.1) is 11.6 Å². The van der Waals surface area contributed by atoms with Gasteiger partial charge in [0, 0.05) is 12.7 Å². The fraction of sp³-hybridized carbons (Fsp3) is 0.250. The van der Waals surface area contributed by atoms with Gasteiger partial charge in [0.2, 0.25) is 0 Å². The molecule has 0 fully saturated rings. The summed E-state index contributed by atoms with van der Waals surface area (Å²) < 4.78 is 29.6. The Labute approximate surface area is 199 Å². The van der Waals surface area contributed by atoms with Gasteiger partial charge in [-0.05, 0) is 47.5 Å². The maximum atomic E-state index is 13.0. The lowest BCUT2D eigenvalue weighted by molar-refractivity contribution is -0.0498. The molecule has 0 aliphatic carbocycles. The summed E-state index contributed by atoms with van der Waals surface area (Å²) in [5, 5.41) is 16.2. The number of aromatic nitrogens is 1. The summed E-state index contributed by atoms with van der Waals surface area (Å²) in [5.74, 6) is -1.27. The molecule has 1 aromatic carbocycles. The van der Waals surface area contributed by atoms with E-state index in [2.05, 4.69) is 20.4 Å². The molecular weight excluding hydrogens is 462 g/mol. The zero-order chi connectivity index (χ0) is 24.7. The molecule has 1 unspecified atom stereocenters. The smallest absolute Gasteiger partial charge is 0.387 e. The molecule has 2 aromatic heterocycles. The number of rotatable bonds is 9. The van der Waals surface area contributed by atoms with Crippen LogP contribution in [0.2, 0.25) is 0 Å². The van der Waals surface area contributed by atoms with Gasteiger partial charge in [0.25, 0.3) is 11.8 Å². The van der Waals surface area contributed by atoms with E-state index in [4.69, 9.17) is 5.26 Å². The third kappa shape index (κ3) is 5.94. The molecule has 0 aliphatic rings. The molecule has 0 saturated heterocycles. The largest absolute Gasteiger partial charge is 0.433 e. The van der Waals surface area contributed by atoms with Gasteiger partial charge in [-0.25, -0.2) is 4.98 Å². The van der Waals surface area contributed by atoms with Gasteiger partial charge in [-0.15, -0.1) is 11.3 Å². The molecule has 176 valence electrons. The van der Waals surface area contributed by atoms with Crippen molar-refractivity contribution in [2.24, 2.45) is 0 Å². The summed E-state index contributed by atoms with van der Waals surface area (Å²) in [6, 6.07) is 11.7. The second-order valence-corrected chi connectivity index (χ2v) is 8.19. The Kier molecular flexibility index (Phi) is 8.27. The number of halogens is 2. The number of thiophene rings is 1. The van der Waals surface area contributed by atoms with E-state index in [9.17, 15) is 18.4 Å². The normalized spacial score (nSPS) is 11.5. The Morgan fingerprint density at radius 2 is 2.00 bits per heavy atom. The number of hydrogen-bond acceptors (Lipinski definition) is 6. The molecule has 7 nitrogen and oxygen atoms in total. The van der Waals surface area contributed by atoms with Crippen LogP contribution in [0.1, 0.15) is 55.4 Å². The first-order valence-corrected chi connectivity index (χ1v) is 11.3. The summed E-state index contributed by atoms with van der Waals surface area (Å²) in [4.78, 5) is 29.7. The number of amides is 2. The SMILES string of the molecule is CCc1ccccc1C(CNC(=O)c1sccc1OC(F)F)NC(=O)c1cc(C)c(C#N)cn1. The number of carbonyl (C=O) groups is 2. The van der Waals surface area contributed by atoms with E-state index in [-0.39, 0.29) is 22.9 Å². The second-order valence-electron chi connectivity index (χ2n) is 7.28. The zero-order valence-electron chi connectivity index (χ0n) is 18.5. The van der Waals surface area contributed by atoms with Crippen molar-refractivity contribution in [1.82, 2.24) is 15.6 Å². The molecule has 1 atom stereocenters. The van der Waals surface area contributed by atoms with Crippen LogP contribution in [0.5, 0.6) is 5.75 Å². The number of pyridine rings is 1. The average molecular weight is 485 g/mol. The third-order valence-electron chi connectivity index (χ3n) is 5.10. The van der Waals surface area contributed by atoms with Crippen LogP contribution in [0.4, 0.5) is 8.78 Å². The molecule has 0 spiro atoms. The molecule has 2 N–H and O–H groups in total. The van der Waals surface area contributed by atoms with Crippen molar-refractivity contribution in [3.05, 3.63) is 80.8 Å². The highest BCUT2D eigenvalue weighted by Gasteiger charge is 2.22. The monoisotopic (exact) mass is 484 g/mol. The minimum absolute atomic E-state index is 0.00284. The summed E-state index contributed by atoms with van der Waals surface area (Å²) in [5.41, 5.74) is 2.90. The minimum Gasteiger partial charge on any atom is -0.433 e. The molecule has 2 amide bonds. The van der Waals surface area contributed by atoms with Crippen molar-refractivity contribution in [2.45, 2.75) is 32.9 Å². The number of aryl methyl sites for hydroxylation is 2. The van der Waals surface area contributed by atoms with Gasteiger partial charge in [0.1, 0.15) is 22.4 Å². The fourth-order valence-corrected chi connectivity index (χ4v) is 4.13. The standard InChI is InChI=1S/C24H22F2N4O3S/c1-3-15-6-4-5-7-17(15)19(30-22(31)18-10-14(2)16(11-27)12-28-18)13-29-23(32)21-20(8-9-34-21)33-24(25)26/h4-10,12,19,24H,3,13H2,1-2H3,(H,29,32)(H,30,31). The molecule has 0 radical (unpaired) electrons. The van der Waals surface area contributed by atoms with E-state index in [0.717, 1.165) is 22.5 Å². The van der Waals surface area contributed by atoms with Gasteiger partial charge in [0.15, 0.2) is 0 Å². The fourth-order valence-electron chi connectivity index (χ4n) is 3.39. The van der Waals surface area contributed by atoms with Gasteiger partial charge in [-0.3, -0.25) is 9.59 Å². The van der Waals surface area contributed by atoms with Crippen LogP contribution < -0.4 is 15.4 Å². The van der Waals surface area contributed by atoms with E-state index in [0.29, 0.717) is 17.5 Å². The average Bonchev–Trinajstić information content (AvgIpc) is 3.28. The summed E-state index contributed by atoms with van der Waals surface area (Å²) >= 11 is 0.977. The number of ether oxygens (including phenoxy) is 1. The molecular formula is C24H22F2N4O3S. The first-order chi connectivity index (χ1) is 16.3. The van der Waals surface area contributed by atoms with Crippen LogP contribution in [-0.4, -0.2) is 30.0 Å². The van der Waals surface area contributed by atoms with E-state index >= 15 is 0 Å². The van der Waals surface area contributed by atoms with Crippen molar-refractivity contribution < 1.29 is 23.1 Å². The van der Waals surface area contributed by atoms with Crippen molar-refractivity contribution >= 4 is 23.2 Å². The number of alkyl halides is 2. The minimum atomic E-state index is -3.05. The van der Waals surface area contributed by atoms with Crippen LogP contribution in [0.25, 0.3) is 0 Å². The number of nitrogens with one attached hydrogen (secondary N) is 2. The molecule has 34 heavy (non-hydrogen) atoms. The highest BCUT2D eigenvalue weighted by Crippen LogP contribution is 2.27. The summed E-state index contributed by atoms with van der Waals surface area (Å²) in [6.45, 7) is 0.638. The van der Waals surface area contributed by atoms with Crippen molar-refractivity contribution in [1.29, 1.82) is 5.26 Å². The number of nitriles is 1.